The number of hydrogen-bond acceptors (Lipinski definition) is 6. The van der Waals surface area contributed by atoms with Crippen molar-refractivity contribution in [1.29, 1.82) is 0 Å². The number of rotatable bonds is 4. The minimum absolute atomic E-state index is 0.249. The van der Waals surface area contributed by atoms with E-state index in [9.17, 15) is 9.59 Å². The summed E-state index contributed by atoms with van der Waals surface area (Å²) in [6.45, 7) is 1.41. The first-order chi connectivity index (χ1) is 11.5. The molecule has 2 aromatic rings. The van der Waals surface area contributed by atoms with Crippen molar-refractivity contribution in [3.8, 4) is 5.75 Å². The van der Waals surface area contributed by atoms with Gasteiger partial charge in [-0.2, -0.15) is 0 Å². The van der Waals surface area contributed by atoms with Gasteiger partial charge < -0.3 is 14.2 Å². The molecule has 0 saturated carbocycles. The first-order valence-electron chi connectivity index (χ1n) is 7.21. The number of aromatic nitrogens is 1. The summed E-state index contributed by atoms with van der Waals surface area (Å²) < 4.78 is 16.4. The van der Waals surface area contributed by atoms with E-state index in [0.717, 1.165) is 8.96 Å². The fourth-order valence-electron chi connectivity index (χ4n) is 2.42. The highest BCUT2D eigenvalue weighted by Crippen LogP contribution is 2.34. The topological polar surface area (TPSA) is 74.7 Å². The summed E-state index contributed by atoms with van der Waals surface area (Å²) in [4.78, 5) is 27.7. The zero-order valence-electron chi connectivity index (χ0n) is 12.6. The molecule has 0 amide bonds. The molecule has 1 fully saturated rings. The molecule has 6 nitrogen and oxygen atoms in total. The molecule has 1 aliphatic heterocycles. The molecule has 0 spiro atoms. The quantitative estimate of drug-likeness (QED) is 0.514. The number of ether oxygens (including phenoxy) is 3. The minimum Gasteiger partial charge on any atom is -0.478 e. The van der Waals surface area contributed by atoms with E-state index in [1.807, 2.05) is 6.07 Å². The Bertz CT molecular complexity index is 812. The average molecular weight is 462 g/mol. The number of hydrogen-bond donors (Lipinski definition) is 0. The van der Waals surface area contributed by atoms with Gasteiger partial charge in [-0.25, -0.2) is 9.59 Å². The summed E-state index contributed by atoms with van der Waals surface area (Å²) in [6.07, 6.45) is 0.862. The highest BCUT2D eigenvalue weighted by atomic mass is 127. The van der Waals surface area contributed by atoms with Gasteiger partial charge in [-0.3, -0.25) is 4.98 Å². The predicted molar refractivity (Wildman–Crippen MR) is 95.0 cm³/mol. The van der Waals surface area contributed by atoms with E-state index in [1.54, 1.807) is 25.3 Å². The molecule has 0 bridgehead atoms. The molecule has 1 aliphatic rings. The molecule has 1 saturated heterocycles. The Morgan fingerprint density at radius 1 is 1.54 bits per heavy atom. The summed E-state index contributed by atoms with van der Waals surface area (Å²) in [6, 6.07) is 5.33. The fourth-order valence-corrected chi connectivity index (χ4v) is 3.59. The van der Waals surface area contributed by atoms with E-state index in [4.69, 9.17) is 25.8 Å². The van der Waals surface area contributed by atoms with Crippen molar-refractivity contribution in [2.75, 3.05) is 6.61 Å². The summed E-state index contributed by atoms with van der Waals surface area (Å²) in [5, 5.41) is 1.29. The van der Waals surface area contributed by atoms with Crippen LogP contribution in [0.1, 0.15) is 13.3 Å². The lowest BCUT2D eigenvalue weighted by molar-refractivity contribution is -0.162. The summed E-state index contributed by atoms with van der Waals surface area (Å²) in [7, 11) is 0. The van der Waals surface area contributed by atoms with Crippen LogP contribution in [0, 0.1) is 3.57 Å². The van der Waals surface area contributed by atoms with Gasteiger partial charge in [0.1, 0.15) is 11.6 Å². The molecule has 24 heavy (non-hydrogen) atoms. The van der Waals surface area contributed by atoms with Crippen LogP contribution in [0.5, 0.6) is 5.75 Å². The molecular weight excluding hydrogens is 449 g/mol. The lowest BCUT2D eigenvalue weighted by atomic mass is 10.2. The van der Waals surface area contributed by atoms with Gasteiger partial charge >= 0.3 is 11.9 Å². The van der Waals surface area contributed by atoms with Crippen LogP contribution in [-0.4, -0.2) is 35.7 Å². The molecule has 2 atom stereocenters. The smallest absolute Gasteiger partial charge is 0.347 e. The fraction of sp³-hybridized carbons (Fsp3) is 0.312. The van der Waals surface area contributed by atoms with Crippen LogP contribution >= 0.6 is 34.2 Å². The third-order valence-corrected chi connectivity index (χ3v) is 4.60. The summed E-state index contributed by atoms with van der Waals surface area (Å²) in [5.41, 5.74) is 0.566. The Labute approximate surface area is 156 Å². The Balaban J connectivity index is 1.72. The molecule has 0 radical (unpaired) electrons. The van der Waals surface area contributed by atoms with Gasteiger partial charge in [0, 0.05) is 18.0 Å². The number of fused-ring (bicyclic) bond motifs is 1. The first-order valence-corrected chi connectivity index (χ1v) is 8.67. The molecule has 2 unspecified atom stereocenters. The number of halogens is 2. The molecular formula is C16H13ClINO5. The highest BCUT2D eigenvalue weighted by molar-refractivity contribution is 14.1. The number of pyridine rings is 1. The number of cyclic esters (lactones) is 1. The molecule has 126 valence electrons. The van der Waals surface area contributed by atoms with Crippen LogP contribution < -0.4 is 4.74 Å². The van der Waals surface area contributed by atoms with E-state index >= 15 is 0 Å². The SMILES string of the molecule is CC1CC(OC(=O)COc2c(I)cc(Cl)c3cccnc23)C(=O)O1. The van der Waals surface area contributed by atoms with Crippen molar-refractivity contribution in [3.05, 3.63) is 33.0 Å². The maximum absolute atomic E-state index is 11.9. The van der Waals surface area contributed by atoms with Crippen LogP contribution in [0.2, 0.25) is 5.02 Å². The highest BCUT2D eigenvalue weighted by Gasteiger charge is 2.35. The van der Waals surface area contributed by atoms with Gasteiger partial charge in [0.2, 0.25) is 6.10 Å². The molecule has 3 rings (SSSR count). The average Bonchev–Trinajstić information content (AvgIpc) is 2.84. The van der Waals surface area contributed by atoms with Gasteiger partial charge in [-0.1, -0.05) is 11.6 Å². The second-order valence-electron chi connectivity index (χ2n) is 5.32. The predicted octanol–water partition coefficient (Wildman–Crippen LogP) is 3.12. The van der Waals surface area contributed by atoms with Crippen LogP contribution in [0.15, 0.2) is 24.4 Å². The summed E-state index contributed by atoms with van der Waals surface area (Å²) >= 11 is 8.26. The molecule has 8 heteroatoms. The molecule has 1 aromatic carbocycles. The van der Waals surface area contributed by atoms with Crippen molar-refractivity contribution < 1.29 is 23.8 Å². The normalized spacial score (nSPS) is 20.0. The van der Waals surface area contributed by atoms with Gasteiger partial charge in [0.05, 0.1) is 8.59 Å². The largest absolute Gasteiger partial charge is 0.478 e. The minimum atomic E-state index is -0.866. The zero-order valence-corrected chi connectivity index (χ0v) is 15.5. The number of carbonyl (C=O) groups excluding carboxylic acids is 2. The van der Waals surface area contributed by atoms with Gasteiger partial charge in [-0.15, -0.1) is 0 Å². The first kappa shape index (κ1) is 17.2. The van der Waals surface area contributed by atoms with Crippen LogP contribution in [0.25, 0.3) is 10.9 Å². The second-order valence-corrected chi connectivity index (χ2v) is 6.89. The van der Waals surface area contributed by atoms with E-state index in [1.165, 1.54) is 0 Å². The lowest BCUT2D eigenvalue weighted by Gasteiger charge is -2.12. The van der Waals surface area contributed by atoms with Crippen molar-refractivity contribution >= 4 is 57.0 Å². The van der Waals surface area contributed by atoms with Crippen LogP contribution in [0.3, 0.4) is 0 Å². The maximum Gasteiger partial charge on any atom is 0.347 e. The Hall–Kier alpha value is -1.61. The van der Waals surface area contributed by atoms with Crippen LogP contribution in [0.4, 0.5) is 0 Å². The number of nitrogens with zero attached hydrogens (tertiary/aromatic N) is 1. The van der Waals surface area contributed by atoms with Crippen molar-refractivity contribution in [1.82, 2.24) is 4.98 Å². The standard InChI is InChI=1S/C16H13ClINO5/c1-8-5-12(16(21)23-8)24-13(20)7-22-15-11(18)6-10(17)9-3-2-4-19-14(9)15/h2-4,6,8,12H,5,7H2,1H3. The zero-order chi connectivity index (χ0) is 17.3. The molecule has 0 aliphatic carbocycles. The summed E-state index contributed by atoms with van der Waals surface area (Å²) in [5.74, 6) is -0.708. The van der Waals surface area contributed by atoms with Crippen LogP contribution in [-0.2, 0) is 19.1 Å². The van der Waals surface area contributed by atoms with E-state index in [-0.39, 0.29) is 12.7 Å². The Kier molecular flexibility index (Phi) is 5.09. The van der Waals surface area contributed by atoms with Gasteiger partial charge in [0.15, 0.2) is 12.4 Å². The number of carbonyl (C=O) groups is 2. The Morgan fingerprint density at radius 2 is 2.33 bits per heavy atom. The molecule has 2 heterocycles. The third-order valence-electron chi connectivity index (χ3n) is 3.48. The lowest BCUT2D eigenvalue weighted by Crippen LogP contribution is -2.26. The van der Waals surface area contributed by atoms with Gasteiger partial charge in [-0.05, 0) is 47.7 Å². The molecule has 0 N–H and O–H groups in total. The van der Waals surface area contributed by atoms with Crippen molar-refractivity contribution in [2.24, 2.45) is 0 Å². The Morgan fingerprint density at radius 3 is 3.04 bits per heavy atom. The number of esters is 2. The second kappa shape index (κ2) is 7.10. The monoisotopic (exact) mass is 461 g/mol. The van der Waals surface area contributed by atoms with Crippen molar-refractivity contribution in [2.45, 2.75) is 25.6 Å². The number of benzene rings is 1. The third kappa shape index (κ3) is 3.56. The van der Waals surface area contributed by atoms with Crippen molar-refractivity contribution in [3.63, 3.8) is 0 Å². The van der Waals surface area contributed by atoms with E-state index < -0.39 is 18.0 Å². The van der Waals surface area contributed by atoms with E-state index in [0.29, 0.717) is 22.7 Å². The van der Waals surface area contributed by atoms with E-state index in [2.05, 4.69) is 27.6 Å². The molecule has 1 aromatic heterocycles. The van der Waals surface area contributed by atoms with Gasteiger partial charge in [0.25, 0.3) is 0 Å². The maximum atomic E-state index is 11.9.